The lowest BCUT2D eigenvalue weighted by molar-refractivity contribution is -0.142. The minimum Gasteiger partial charge on any atom is -0.480 e. The molecule has 1 saturated carbocycles. The molecule has 0 bridgehead atoms. The highest BCUT2D eigenvalue weighted by atomic mass is 32.2. The third-order valence-corrected chi connectivity index (χ3v) is 6.79. The maximum Gasteiger partial charge on any atom is 0.322 e. The predicted octanol–water partition coefficient (Wildman–Crippen LogP) is 1.82. The number of nitrogens with zero attached hydrogens (tertiary/aromatic N) is 2. The zero-order valence-electron chi connectivity index (χ0n) is 12.7. The van der Waals surface area contributed by atoms with E-state index in [1.165, 1.54) is 8.61 Å². The molecule has 2 rings (SSSR count). The molecular formula is C14H26N2O4S. The molecule has 1 N–H and O–H groups in total. The number of carboxylic acids is 1. The molecule has 1 saturated heterocycles. The van der Waals surface area contributed by atoms with Crippen molar-refractivity contribution in [2.75, 3.05) is 13.6 Å². The van der Waals surface area contributed by atoms with Crippen LogP contribution in [0.4, 0.5) is 0 Å². The van der Waals surface area contributed by atoms with E-state index in [0.29, 0.717) is 13.0 Å². The lowest BCUT2D eigenvalue weighted by atomic mass is 10.1. The van der Waals surface area contributed by atoms with Gasteiger partial charge in [0.05, 0.1) is 0 Å². The fourth-order valence-electron chi connectivity index (χ4n) is 3.40. The molecular weight excluding hydrogens is 292 g/mol. The summed E-state index contributed by atoms with van der Waals surface area (Å²) < 4.78 is 28.2. The van der Waals surface area contributed by atoms with Gasteiger partial charge in [-0.15, -0.1) is 0 Å². The SMILES string of the molecule is CN(C1CCCCCC1)S(=O)(=O)N1CCCCC1C(=O)O. The molecule has 1 heterocycles. The highest BCUT2D eigenvalue weighted by Gasteiger charge is 2.40. The van der Waals surface area contributed by atoms with Gasteiger partial charge in [0.15, 0.2) is 0 Å². The van der Waals surface area contributed by atoms with Gasteiger partial charge in [-0.05, 0) is 32.1 Å². The van der Waals surface area contributed by atoms with Gasteiger partial charge in [-0.1, -0.05) is 25.7 Å². The topological polar surface area (TPSA) is 77.9 Å². The van der Waals surface area contributed by atoms with Gasteiger partial charge >= 0.3 is 5.97 Å². The van der Waals surface area contributed by atoms with E-state index in [1.807, 2.05) is 0 Å². The van der Waals surface area contributed by atoms with Crippen LogP contribution in [0.3, 0.4) is 0 Å². The van der Waals surface area contributed by atoms with Crippen molar-refractivity contribution in [2.24, 2.45) is 0 Å². The second-order valence-electron chi connectivity index (χ2n) is 6.13. The number of rotatable bonds is 4. The number of piperidine rings is 1. The third-order valence-electron chi connectivity index (χ3n) is 4.74. The van der Waals surface area contributed by atoms with Crippen LogP contribution in [-0.2, 0) is 15.0 Å². The summed E-state index contributed by atoms with van der Waals surface area (Å²) in [5.41, 5.74) is 0. The number of hydrogen-bond acceptors (Lipinski definition) is 3. The van der Waals surface area contributed by atoms with Crippen LogP contribution >= 0.6 is 0 Å². The minimum atomic E-state index is -3.69. The molecule has 0 spiro atoms. The van der Waals surface area contributed by atoms with Gasteiger partial charge in [0.1, 0.15) is 6.04 Å². The van der Waals surface area contributed by atoms with Gasteiger partial charge in [-0.3, -0.25) is 4.79 Å². The molecule has 0 radical (unpaired) electrons. The largest absolute Gasteiger partial charge is 0.480 e. The van der Waals surface area contributed by atoms with Gasteiger partial charge in [0.25, 0.3) is 10.2 Å². The molecule has 1 atom stereocenters. The summed E-state index contributed by atoms with van der Waals surface area (Å²) in [4.78, 5) is 11.3. The first-order chi connectivity index (χ1) is 9.94. The lowest BCUT2D eigenvalue weighted by Crippen LogP contribution is -2.54. The van der Waals surface area contributed by atoms with Crippen LogP contribution in [0, 0.1) is 0 Å². The first-order valence-electron chi connectivity index (χ1n) is 7.92. The molecule has 21 heavy (non-hydrogen) atoms. The van der Waals surface area contributed by atoms with Crippen molar-refractivity contribution in [3.05, 3.63) is 0 Å². The molecule has 122 valence electrons. The number of hydrogen-bond donors (Lipinski definition) is 1. The van der Waals surface area contributed by atoms with Gasteiger partial charge < -0.3 is 5.11 Å². The Labute approximate surface area is 127 Å². The predicted molar refractivity (Wildman–Crippen MR) is 80.2 cm³/mol. The molecule has 6 nitrogen and oxygen atoms in total. The Bertz CT molecular complexity index is 458. The van der Waals surface area contributed by atoms with E-state index in [2.05, 4.69) is 0 Å². The van der Waals surface area contributed by atoms with Crippen LogP contribution in [0.15, 0.2) is 0 Å². The zero-order chi connectivity index (χ0) is 15.5. The lowest BCUT2D eigenvalue weighted by Gasteiger charge is -2.37. The summed E-state index contributed by atoms with van der Waals surface area (Å²) in [5, 5.41) is 9.28. The van der Waals surface area contributed by atoms with Crippen LogP contribution < -0.4 is 0 Å². The maximum absolute atomic E-state index is 12.8. The second kappa shape index (κ2) is 7.07. The molecule has 2 fully saturated rings. The van der Waals surface area contributed by atoms with Crippen molar-refractivity contribution < 1.29 is 18.3 Å². The average molecular weight is 318 g/mol. The van der Waals surface area contributed by atoms with Gasteiger partial charge in [-0.2, -0.15) is 17.0 Å². The smallest absolute Gasteiger partial charge is 0.322 e. The highest BCUT2D eigenvalue weighted by Crippen LogP contribution is 2.27. The summed E-state index contributed by atoms with van der Waals surface area (Å²) >= 11 is 0. The third kappa shape index (κ3) is 3.76. The van der Waals surface area contributed by atoms with Crippen LogP contribution in [0.1, 0.15) is 57.8 Å². The Morgan fingerprint density at radius 2 is 1.62 bits per heavy atom. The van der Waals surface area contributed by atoms with Crippen LogP contribution in [0.5, 0.6) is 0 Å². The Balaban J connectivity index is 2.16. The molecule has 1 unspecified atom stereocenters. The molecule has 0 aromatic rings. The normalized spacial score (nSPS) is 26.7. The van der Waals surface area contributed by atoms with E-state index in [0.717, 1.165) is 51.4 Å². The number of aliphatic carboxylic acids is 1. The van der Waals surface area contributed by atoms with Crippen molar-refractivity contribution in [2.45, 2.75) is 69.9 Å². The summed E-state index contributed by atoms with van der Waals surface area (Å²) in [5.74, 6) is -1.03. The maximum atomic E-state index is 12.8. The van der Waals surface area contributed by atoms with E-state index in [9.17, 15) is 18.3 Å². The van der Waals surface area contributed by atoms with E-state index < -0.39 is 22.2 Å². The van der Waals surface area contributed by atoms with Crippen LogP contribution in [-0.4, -0.2) is 53.8 Å². The first kappa shape index (κ1) is 16.7. The second-order valence-corrected chi connectivity index (χ2v) is 8.07. The van der Waals surface area contributed by atoms with Gasteiger partial charge in [0.2, 0.25) is 0 Å². The van der Waals surface area contributed by atoms with E-state index >= 15 is 0 Å². The summed E-state index contributed by atoms with van der Waals surface area (Å²) in [6, 6.07) is -0.897. The van der Waals surface area contributed by atoms with E-state index in [1.54, 1.807) is 7.05 Å². The van der Waals surface area contributed by atoms with Crippen molar-refractivity contribution in [3.8, 4) is 0 Å². The average Bonchev–Trinajstić information content (AvgIpc) is 2.75. The fourth-order valence-corrected chi connectivity index (χ4v) is 5.20. The van der Waals surface area contributed by atoms with E-state index in [4.69, 9.17) is 0 Å². The quantitative estimate of drug-likeness (QED) is 0.802. The molecule has 0 amide bonds. The fraction of sp³-hybridized carbons (Fsp3) is 0.929. The van der Waals surface area contributed by atoms with Gasteiger partial charge in [0, 0.05) is 19.6 Å². The van der Waals surface area contributed by atoms with Gasteiger partial charge in [-0.25, -0.2) is 0 Å². The molecule has 1 aliphatic carbocycles. The first-order valence-corrected chi connectivity index (χ1v) is 9.32. The standard InChI is InChI=1S/C14H26N2O4S/c1-15(12-8-4-2-3-5-9-12)21(19,20)16-11-7-6-10-13(16)14(17)18/h12-13H,2-11H2,1H3,(H,17,18). The monoisotopic (exact) mass is 318 g/mol. The Morgan fingerprint density at radius 1 is 1.05 bits per heavy atom. The summed E-state index contributed by atoms with van der Waals surface area (Å²) in [6.45, 7) is 0.316. The van der Waals surface area contributed by atoms with Crippen molar-refractivity contribution in [1.82, 2.24) is 8.61 Å². The Hall–Kier alpha value is -0.660. The summed E-state index contributed by atoms with van der Waals surface area (Å²) in [6.07, 6.45) is 8.09. The molecule has 2 aliphatic rings. The highest BCUT2D eigenvalue weighted by molar-refractivity contribution is 7.86. The molecule has 7 heteroatoms. The zero-order valence-corrected chi connectivity index (χ0v) is 13.5. The van der Waals surface area contributed by atoms with Crippen molar-refractivity contribution in [3.63, 3.8) is 0 Å². The summed E-state index contributed by atoms with van der Waals surface area (Å²) in [7, 11) is -2.08. The van der Waals surface area contributed by atoms with Crippen molar-refractivity contribution >= 4 is 16.2 Å². The Kier molecular flexibility index (Phi) is 5.62. The number of carbonyl (C=O) groups is 1. The molecule has 0 aromatic carbocycles. The van der Waals surface area contributed by atoms with E-state index in [-0.39, 0.29) is 6.04 Å². The minimum absolute atomic E-state index is 0.00821. The van der Waals surface area contributed by atoms with Crippen molar-refractivity contribution in [1.29, 1.82) is 0 Å². The molecule has 1 aliphatic heterocycles. The van der Waals surface area contributed by atoms with Crippen LogP contribution in [0.2, 0.25) is 0 Å². The molecule has 0 aromatic heterocycles. The number of carboxylic acid groups (broad SMARTS) is 1. The van der Waals surface area contributed by atoms with Crippen LogP contribution in [0.25, 0.3) is 0 Å². The Morgan fingerprint density at radius 3 is 2.19 bits per heavy atom.